The predicted octanol–water partition coefficient (Wildman–Crippen LogP) is -0.333. The molecule has 0 fully saturated rings. The molecule has 0 heterocycles. The van der Waals surface area contributed by atoms with Gasteiger partial charge < -0.3 is 0 Å². The Morgan fingerprint density at radius 2 is 1.12 bits per heavy atom. The van der Waals surface area contributed by atoms with Crippen LogP contribution in [0.25, 0.3) is 0 Å². The topological polar surface area (TPSA) is 71.4 Å². The van der Waals surface area contributed by atoms with E-state index in [2.05, 4.69) is 0 Å². The molecular weight excluding hydrogens is 144 g/mol. The first kappa shape index (κ1) is 10.5. The summed E-state index contributed by atoms with van der Waals surface area (Å²) in [5.41, 5.74) is 0. The zero-order valence-electron chi connectivity index (χ0n) is 4.17. The van der Waals surface area contributed by atoms with Crippen LogP contribution in [-0.2, 0) is 13.7 Å². The molecule has 0 saturated heterocycles. The summed E-state index contributed by atoms with van der Waals surface area (Å²) in [6, 6.07) is 0. The third-order valence-electron chi connectivity index (χ3n) is 0.224. The molecule has 8 heavy (non-hydrogen) atoms. The van der Waals surface area contributed by atoms with Crippen molar-refractivity contribution in [1.82, 2.24) is 0 Å². The molecule has 5 heteroatoms. The first-order valence-corrected chi connectivity index (χ1v) is 2.73. The average molecular weight is 144 g/mol. The van der Waals surface area contributed by atoms with Gasteiger partial charge in [0.05, 0.1) is 0 Å². The van der Waals surface area contributed by atoms with Crippen molar-refractivity contribution in [2.75, 3.05) is 0 Å². The second-order valence-electron chi connectivity index (χ2n) is 0.474. The molecule has 3 nitrogen and oxygen atoms in total. The van der Waals surface area contributed by atoms with Gasteiger partial charge in [0.1, 0.15) is 0 Å². The first-order valence-electron chi connectivity index (χ1n) is 1.17. The van der Waals surface area contributed by atoms with Crippen molar-refractivity contribution >= 4 is 18.9 Å². The maximum absolute atomic E-state index is 7.86. The van der Waals surface area contributed by atoms with Crippen LogP contribution in [0.3, 0.4) is 0 Å². The maximum atomic E-state index is 7.86. The Labute approximate surface area is 63.4 Å². The summed E-state index contributed by atoms with van der Waals surface area (Å²) < 4.78 is 0. The quantitative estimate of drug-likeness (QED) is 0.436. The number of nitriles is 3. The molecule has 0 saturated carbocycles. The summed E-state index contributed by atoms with van der Waals surface area (Å²) in [6.07, 6.45) is 0. The predicted molar refractivity (Wildman–Crippen MR) is 22.6 cm³/mol. The van der Waals surface area contributed by atoms with Crippen molar-refractivity contribution in [3.8, 4) is 15.0 Å². The molecule has 0 amide bonds. The Balaban J connectivity index is 0. The molecule has 0 spiro atoms. The minimum Gasteiger partial charge on any atom is 0 e. The number of nitrogens with zero attached hydrogens (tertiary/aromatic N) is 3. The molecule has 0 aromatic heterocycles. The molecule has 0 atom stereocenters. The molecule has 0 rings (SSSR count). The van der Waals surface area contributed by atoms with E-state index in [1.54, 1.807) is 15.0 Å². The Bertz CT molecular complexity index is 137. The fourth-order valence-corrected chi connectivity index (χ4v) is 0.206. The monoisotopic (exact) mass is 144 g/mol. The molecule has 0 N–H and O–H groups in total. The molecule has 0 aliphatic rings. The molecule has 1 radical (unpaired) electrons. The minimum atomic E-state index is -1.62. The Kier molecular flexibility index (Phi) is 8.66. The maximum Gasteiger partial charge on any atom is 0 e. The van der Waals surface area contributed by atoms with Crippen LogP contribution < -0.4 is 0 Å². The Morgan fingerprint density at radius 1 is 0.875 bits per heavy atom. The van der Waals surface area contributed by atoms with Crippen LogP contribution in [0, 0.1) is 30.8 Å². The van der Waals surface area contributed by atoms with Gasteiger partial charge in [-0.3, -0.25) is 0 Å². The second kappa shape index (κ2) is 6.57. The Morgan fingerprint density at radius 3 is 1.12 bits per heavy atom. The number of hydrogen-bond donors (Lipinski definition) is 0. The number of hydrogen-bond acceptors (Lipinski definition) is 3. The molecule has 0 aromatic rings. The molecule has 37 valence electrons. The van der Waals surface area contributed by atoms with Crippen molar-refractivity contribution < 1.29 is 13.7 Å². The van der Waals surface area contributed by atoms with Crippen LogP contribution in [0.15, 0.2) is 0 Å². The summed E-state index contributed by atoms with van der Waals surface area (Å²) >= 11 is -1.62. The largest absolute Gasteiger partial charge is 0 e. The SMILES string of the molecule is N#[C][Co]([C]#N)[C]#N.[Li]. The van der Waals surface area contributed by atoms with Crippen LogP contribution in [0.1, 0.15) is 0 Å². The van der Waals surface area contributed by atoms with Crippen LogP contribution >= 0.6 is 0 Å². The van der Waals surface area contributed by atoms with E-state index in [1.807, 2.05) is 0 Å². The molecule has 0 bridgehead atoms. The Hall–Kier alpha value is -0.426. The fourth-order valence-electron chi connectivity index (χ4n) is 0.0500. The van der Waals surface area contributed by atoms with E-state index in [4.69, 9.17) is 15.8 Å². The van der Waals surface area contributed by atoms with Gasteiger partial charge in [-0.15, -0.1) is 0 Å². The van der Waals surface area contributed by atoms with E-state index in [9.17, 15) is 0 Å². The zero-order valence-corrected chi connectivity index (χ0v) is 5.22. The van der Waals surface area contributed by atoms with Crippen molar-refractivity contribution in [1.29, 1.82) is 15.8 Å². The third kappa shape index (κ3) is 3.75. The molecule has 0 unspecified atom stereocenters. The van der Waals surface area contributed by atoms with Crippen LogP contribution in [0.5, 0.6) is 0 Å². The smallest absolute Gasteiger partial charge is 0 e. The van der Waals surface area contributed by atoms with Gasteiger partial charge in [-0.2, -0.15) is 0 Å². The average Bonchev–Trinajstić information content (AvgIpc) is 1.72. The summed E-state index contributed by atoms with van der Waals surface area (Å²) in [6.45, 7) is 0. The van der Waals surface area contributed by atoms with Gasteiger partial charge >= 0.3 is 44.5 Å². The molecule has 0 aromatic carbocycles. The van der Waals surface area contributed by atoms with E-state index >= 15 is 0 Å². The molecule has 0 aliphatic heterocycles. The van der Waals surface area contributed by atoms with E-state index in [-0.39, 0.29) is 18.9 Å². The zero-order chi connectivity index (χ0) is 5.70. The summed E-state index contributed by atoms with van der Waals surface area (Å²) in [4.78, 5) is 0. The van der Waals surface area contributed by atoms with Crippen molar-refractivity contribution in [2.45, 2.75) is 0 Å². The normalized spacial score (nSPS) is 6.38. The standard InChI is InChI=1S/3CN.Co.Li/c3*1-2;;. The fraction of sp³-hybridized carbons (Fsp3) is 0. The van der Waals surface area contributed by atoms with E-state index in [0.717, 1.165) is 0 Å². The van der Waals surface area contributed by atoms with E-state index < -0.39 is 13.7 Å². The molecule has 0 aliphatic carbocycles. The van der Waals surface area contributed by atoms with Gasteiger partial charge in [0.25, 0.3) is 0 Å². The summed E-state index contributed by atoms with van der Waals surface area (Å²) in [5, 5.41) is 28.2. The van der Waals surface area contributed by atoms with Crippen molar-refractivity contribution in [2.24, 2.45) is 0 Å². The van der Waals surface area contributed by atoms with Crippen LogP contribution in [0.4, 0.5) is 0 Å². The van der Waals surface area contributed by atoms with Crippen molar-refractivity contribution in [3.05, 3.63) is 0 Å². The number of rotatable bonds is 0. The van der Waals surface area contributed by atoms with Crippen LogP contribution in [-0.4, -0.2) is 18.9 Å². The van der Waals surface area contributed by atoms with Gasteiger partial charge in [0.2, 0.25) is 0 Å². The second-order valence-corrected chi connectivity index (χ2v) is 1.95. The van der Waals surface area contributed by atoms with E-state index in [0.29, 0.717) is 0 Å². The first-order chi connectivity index (χ1) is 3.35. The van der Waals surface area contributed by atoms with Crippen LogP contribution in [0.2, 0.25) is 0 Å². The molecular formula is C3CoLiN3. The van der Waals surface area contributed by atoms with Crippen molar-refractivity contribution in [3.63, 3.8) is 0 Å². The third-order valence-corrected chi connectivity index (χ3v) is 0.922. The minimum absolute atomic E-state index is 0. The van der Waals surface area contributed by atoms with Gasteiger partial charge in [0, 0.05) is 18.9 Å². The van der Waals surface area contributed by atoms with Gasteiger partial charge in [0.15, 0.2) is 0 Å². The van der Waals surface area contributed by atoms with Gasteiger partial charge in [-0.25, -0.2) is 0 Å². The van der Waals surface area contributed by atoms with Gasteiger partial charge in [-0.05, 0) is 0 Å². The summed E-state index contributed by atoms with van der Waals surface area (Å²) in [7, 11) is 0. The van der Waals surface area contributed by atoms with Gasteiger partial charge in [-0.1, -0.05) is 0 Å². The van der Waals surface area contributed by atoms with E-state index in [1.165, 1.54) is 0 Å². The summed E-state index contributed by atoms with van der Waals surface area (Å²) in [5.74, 6) is 0.